The van der Waals surface area contributed by atoms with E-state index in [2.05, 4.69) is 6.58 Å². The second-order valence-corrected chi connectivity index (χ2v) is 5.76. The Kier molecular flexibility index (Phi) is 6.62. The summed E-state index contributed by atoms with van der Waals surface area (Å²) in [5.74, 6) is -5.76. The van der Waals surface area contributed by atoms with E-state index in [-0.39, 0.29) is 11.3 Å². The molecule has 0 saturated carbocycles. The number of carboxylic acids is 3. The van der Waals surface area contributed by atoms with Crippen molar-refractivity contribution in [1.82, 2.24) is 4.90 Å². The van der Waals surface area contributed by atoms with Gasteiger partial charge in [0.15, 0.2) is 11.3 Å². The minimum Gasteiger partial charge on any atom is -0.508 e. The van der Waals surface area contributed by atoms with Crippen molar-refractivity contribution in [1.29, 1.82) is 0 Å². The van der Waals surface area contributed by atoms with Gasteiger partial charge < -0.3 is 20.4 Å². The molecule has 1 rings (SSSR count). The van der Waals surface area contributed by atoms with Crippen molar-refractivity contribution in [3.05, 3.63) is 42.0 Å². The van der Waals surface area contributed by atoms with E-state index in [0.29, 0.717) is 10.5 Å². The van der Waals surface area contributed by atoms with Crippen molar-refractivity contribution < 1.29 is 39.6 Å². The molecule has 9 heteroatoms. The van der Waals surface area contributed by atoms with Gasteiger partial charge in [-0.2, -0.15) is 0 Å². The van der Waals surface area contributed by atoms with Gasteiger partial charge in [0.2, 0.25) is 0 Å². The first-order chi connectivity index (χ1) is 12.0. The van der Waals surface area contributed by atoms with Crippen molar-refractivity contribution in [2.24, 2.45) is 0 Å². The SMILES string of the molecule is C=C(C)C(=O)C(Cc1ccc(O)cc1)(C(=O)O)N(CC(=O)O)CC(=O)O. The lowest BCUT2D eigenvalue weighted by molar-refractivity contribution is -0.160. The third-order valence-electron chi connectivity index (χ3n) is 3.71. The van der Waals surface area contributed by atoms with Crippen molar-refractivity contribution in [2.75, 3.05) is 13.1 Å². The first kappa shape index (κ1) is 20.8. The molecule has 0 aromatic heterocycles. The van der Waals surface area contributed by atoms with Gasteiger partial charge >= 0.3 is 17.9 Å². The molecule has 9 nitrogen and oxygen atoms in total. The number of hydrogen-bond acceptors (Lipinski definition) is 6. The van der Waals surface area contributed by atoms with Crippen LogP contribution in [0.1, 0.15) is 12.5 Å². The number of phenolic OH excluding ortho intramolecular Hbond substituents is 1. The molecular formula is C17H19NO8. The fourth-order valence-corrected chi connectivity index (χ4v) is 2.56. The molecule has 0 fully saturated rings. The number of aliphatic carboxylic acids is 3. The smallest absolute Gasteiger partial charge is 0.332 e. The van der Waals surface area contributed by atoms with Crippen LogP contribution in [-0.2, 0) is 25.6 Å². The molecule has 0 aliphatic carbocycles. The van der Waals surface area contributed by atoms with E-state index in [1.165, 1.54) is 31.2 Å². The minimum atomic E-state index is -2.47. The molecule has 26 heavy (non-hydrogen) atoms. The van der Waals surface area contributed by atoms with Crippen molar-refractivity contribution >= 4 is 23.7 Å². The second-order valence-electron chi connectivity index (χ2n) is 5.76. The summed E-state index contributed by atoms with van der Waals surface area (Å²) in [4.78, 5) is 47.7. The van der Waals surface area contributed by atoms with Gasteiger partial charge in [-0.3, -0.25) is 19.3 Å². The maximum atomic E-state index is 12.7. The number of carbonyl (C=O) groups excluding carboxylic acids is 1. The lowest BCUT2D eigenvalue weighted by Gasteiger charge is -2.37. The number of hydrogen-bond donors (Lipinski definition) is 4. The number of nitrogens with zero attached hydrogens (tertiary/aromatic N) is 1. The Bertz CT molecular complexity index is 724. The Morgan fingerprint density at radius 1 is 1.00 bits per heavy atom. The largest absolute Gasteiger partial charge is 0.508 e. The van der Waals surface area contributed by atoms with Crippen LogP contribution in [0.15, 0.2) is 36.4 Å². The Balaban J connectivity index is 3.58. The van der Waals surface area contributed by atoms with Gasteiger partial charge in [0.1, 0.15) is 5.75 Å². The number of aromatic hydroxyl groups is 1. The minimum absolute atomic E-state index is 0.0890. The molecule has 0 aliphatic rings. The van der Waals surface area contributed by atoms with Gasteiger partial charge in [-0.1, -0.05) is 18.7 Å². The van der Waals surface area contributed by atoms with Crippen LogP contribution < -0.4 is 0 Å². The molecular weight excluding hydrogens is 346 g/mol. The lowest BCUT2D eigenvalue weighted by Crippen LogP contribution is -2.64. The molecule has 0 aliphatic heterocycles. The third-order valence-corrected chi connectivity index (χ3v) is 3.71. The van der Waals surface area contributed by atoms with Crippen LogP contribution in [0.5, 0.6) is 5.75 Å². The molecule has 1 unspecified atom stereocenters. The van der Waals surface area contributed by atoms with Crippen LogP contribution in [0.25, 0.3) is 0 Å². The topological polar surface area (TPSA) is 152 Å². The molecule has 4 N–H and O–H groups in total. The first-order valence-electron chi connectivity index (χ1n) is 7.41. The highest BCUT2D eigenvalue weighted by molar-refractivity contribution is 6.15. The molecule has 0 radical (unpaired) electrons. The number of rotatable bonds is 10. The predicted octanol–water partition coefficient (Wildman–Crippen LogP) is 0.374. The van der Waals surface area contributed by atoms with Crippen LogP contribution in [0, 0.1) is 0 Å². The molecule has 0 amide bonds. The van der Waals surface area contributed by atoms with Crippen LogP contribution in [-0.4, -0.2) is 67.6 Å². The first-order valence-corrected chi connectivity index (χ1v) is 7.41. The fourth-order valence-electron chi connectivity index (χ4n) is 2.56. The van der Waals surface area contributed by atoms with Crippen molar-refractivity contribution in [3.8, 4) is 5.75 Å². The van der Waals surface area contributed by atoms with E-state index in [1.807, 2.05) is 0 Å². The molecule has 0 saturated heterocycles. The number of carbonyl (C=O) groups is 4. The Hall–Kier alpha value is -3.20. The van der Waals surface area contributed by atoms with E-state index in [4.69, 9.17) is 10.2 Å². The number of Topliss-reactive ketones (excluding diaryl/α,β-unsaturated/α-hetero) is 1. The summed E-state index contributed by atoms with van der Waals surface area (Å²) in [5.41, 5.74) is -2.34. The monoisotopic (exact) mass is 365 g/mol. The van der Waals surface area contributed by atoms with Gasteiger partial charge in [0, 0.05) is 6.42 Å². The number of carboxylic acid groups (broad SMARTS) is 3. The number of phenols is 1. The van der Waals surface area contributed by atoms with Crippen LogP contribution in [0.3, 0.4) is 0 Å². The molecule has 0 bridgehead atoms. The van der Waals surface area contributed by atoms with E-state index in [1.54, 1.807) is 0 Å². The fraction of sp³-hybridized carbons (Fsp3) is 0.294. The summed E-state index contributed by atoms with van der Waals surface area (Å²) in [6.07, 6.45) is -0.505. The Morgan fingerprint density at radius 3 is 1.81 bits per heavy atom. The molecule has 1 aromatic rings. The molecule has 0 heterocycles. The van der Waals surface area contributed by atoms with Crippen LogP contribution >= 0.6 is 0 Å². The third kappa shape index (κ3) is 4.67. The van der Waals surface area contributed by atoms with Gasteiger partial charge in [-0.25, -0.2) is 4.79 Å². The molecule has 1 aromatic carbocycles. The predicted molar refractivity (Wildman–Crippen MR) is 88.8 cm³/mol. The van der Waals surface area contributed by atoms with E-state index >= 15 is 0 Å². The van der Waals surface area contributed by atoms with E-state index in [9.17, 15) is 29.4 Å². The quantitative estimate of drug-likeness (QED) is 0.340. The van der Waals surface area contributed by atoms with Crippen LogP contribution in [0.4, 0.5) is 0 Å². The summed E-state index contributed by atoms with van der Waals surface area (Å²) in [5, 5.41) is 37.3. The summed E-state index contributed by atoms with van der Waals surface area (Å²) < 4.78 is 0. The highest BCUT2D eigenvalue weighted by Gasteiger charge is 2.52. The zero-order valence-electron chi connectivity index (χ0n) is 14.0. The van der Waals surface area contributed by atoms with Gasteiger partial charge in [-0.15, -0.1) is 0 Å². The van der Waals surface area contributed by atoms with Crippen molar-refractivity contribution in [3.63, 3.8) is 0 Å². The zero-order chi connectivity index (χ0) is 20.1. The average Bonchev–Trinajstić information content (AvgIpc) is 2.51. The van der Waals surface area contributed by atoms with E-state index in [0.717, 1.165) is 0 Å². The summed E-state index contributed by atoms with van der Waals surface area (Å²) >= 11 is 0. The maximum absolute atomic E-state index is 12.7. The highest BCUT2D eigenvalue weighted by atomic mass is 16.4. The van der Waals surface area contributed by atoms with E-state index < -0.39 is 48.7 Å². The van der Waals surface area contributed by atoms with Crippen molar-refractivity contribution in [2.45, 2.75) is 18.9 Å². The molecule has 0 spiro atoms. The maximum Gasteiger partial charge on any atom is 0.332 e. The lowest BCUT2D eigenvalue weighted by atomic mass is 9.82. The average molecular weight is 365 g/mol. The number of benzene rings is 1. The van der Waals surface area contributed by atoms with Gasteiger partial charge in [0.25, 0.3) is 0 Å². The summed E-state index contributed by atoms with van der Waals surface area (Å²) in [7, 11) is 0. The Labute approximate surface area is 148 Å². The Morgan fingerprint density at radius 2 is 1.46 bits per heavy atom. The zero-order valence-corrected chi connectivity index (χ0v) is 14.0. The highest BCUT2D eigenvalue weighted by Crippen LogP contribution is 2.27. The standard InChI is InChI=1S/C17H19NO8/c1-10(2)15(24)17(16(25)26,7-11-3-5-12(19)6-4-11)18(8-13(20)21)9-14(22)23/h3-6,19H,1,7-9H2,2H3,(H,20,21)(H,22,23)(H,25,26). The second kappa shape index (κ2) is 8.26. The summed E-state index contributed by atoms with van der Waals surface area (Å²) in [6.45, 7) is 2.73. The molecule has 1 atom stereocenters. The van der Waals surface area contributed by atoms with Gasteiger partial charge in [0.05, 0.1) is 13.1 Å². The summed E-state index contributed by atoms with van der Waals surface area (Å²) in [6, 6.07) is 5.26. The van der Waals surface area contributed by atoms with Gasteiger partial charge in [-0.05, 0) is 30.2 Å². The number of ketones is 1. The molecule has 140 valence electrons. The normalized spacial score (nSPS) is 13.0. The van der Waals surface area contributed by atoms with Crippen LogP contribution in [0.2, 0.25) is 0 Å².